The summed E-state index contributed by atoms with van der Waals surface area (Å²) >= 11 is 34.4. The Balaban J connectivity index is 4.12. The third-order valence-corrected chi connectivity index (χ3v) is 3.26. The van der Waals surface area contributed by atoms with Crippen molar-refractivity contribution in [3.05, 3.63) is 0 Å². The fourth-order valence-electron chi connectivity index (χ4n) is 0.906. The van der Waals surface area contributed by atoms with E-state index < -0.39 is 14.0 Å². The van der Waals surface area contributed by atoms with Gasteiger partial charge in [0.15, 0.2) is 0 Å². The molecule has 0 nitrogen and oxygen atoms in total. The van der Waals surface area contributed by atoms with Crippen molar-refractivity contribution in [1.82, 2.24) is 0 Å². The van der Waals surface area contributed by atoms with Gasteiger partial charge in [-0.05, 0) is 19.8 Å². The van der Waals surface area contributed by atoms with E-state index in [2.05, 4.69) is 0 Å². The van der Waals surface area contributed by atoms with Gasteiger partial charge in [-0.2, -0.15) is 0 Å². The second-order valence-corrected chi connectivity index (χ2v) is 7.07. The zero-order valence-electron chi connectivity index (χ0n) is 6.91. The van der Waals surface area contributed by atoms with Crippen molar-refractivity contribution in [3.8, 4) is 0 Å². The van der Waals surface area contributed by atoms with E-state index in [1.807, 2.05) is 0 Å². The molecule has 6 heteroatoms. The molecule has 13 heavy (non-hydrogen) atoms. The average Bonchev–Trinajstić information content (AvgIpc) is 1.81. The zero-order chi connectivity index (χ0) is 10.6. The lowest BCUT2D eigenvalue weighted by Crippen LogP contribution is -2.28. The lowest BCUT2D eigenvalue weighted by atomic mass is 10.0. The highest BCUT2D eigenvalue weighted by atomic mass is 35.5. The molecule has 0 aliphatic rings. The van der Waals surface area contributed by atoms with E-state index in [1.165, 1.54) is 0 Å². The van der Waals surface area contributed by atoms with Crippen molar-refractivity contribution in [1.29, 1.82) is 0 Å². The minimum absolute atomic E-state index is 0.237. The highest BCUT2D eigenvalue weighted by Gasteiger charge is 2.34. The normalized spacial score (nSPS) is 15.5. The number of rotatable bonds is 5. The molecule has 0 aromatic rings. The zero-order valence-corrected chi connectivity index (χ0v) is 11.4. The van der Waals surface area contributed by atoms with Gasteiger partial charge in [-0.1, -0.05) is 0 Å². The molecule has 0 saturated heterocycles. The topological polar surface area (TPSA) is 0 Å². The maximum atomic E-state index is 5.89. The summed E-state index contributed by atoms with van der Waals surface area (Å²) in [6.45, 7) is 1.65. The van der Waals surface area contributed by atoms with E-state index in [1.54, 1.807) is 6.92 Å². The molecule has 80 valence electrons. The van der Waals surface area contributed by atoms with Gasteiger partial charge in [-0.3, -0.25) is 0 Å². The molecule has 0 bridgehead atoms. The van der Waals surface area contributed by atoms with Crippen LogP contribution in [0.2, 0.25) is 0 Å². The molecule has 0 saturated carbocycles. The molecule has 0 fully saturated rings. The van der Waals surface area contributed by atoms with Gasteiger partial charge >= 0.3 is 0 Å². The Morgan fingerprint density at radius 2 is 1.46 bits per heavy atom. The molecule has 0 N–H and O–H groups in total. The Bertz CT molecular complexity index is 138. The first-order chi connectivity index (χ1) is 5.75. The Kier molecular flexibility index (Phi) is 7.20. The molecule has 0 radical (unpaired) electrons. The van der Waals surface area contributed by atoms with E-state index >= 15 is 0 Å². The van der Waals surface area contributed by atoms with Gasteiger partial charge in [-0.15, -0.1) is 69.6 Å². The first-order valence-electron chi connectivity index (χ1n) is 3.69. The summed E-state index contributed by atoms with van der Waals surface area (Å²) < 4.78 is -0.961. The van der Waals surface area contributed by atoms with E-state index in [0.29, 0.717) is 12.8 Å². The van der Waals surface area contributed by atoms with Gasteiger partial charge < -0.3 is 0 Å². The quantitative estimate of drug-likeness (QED) is 0.614. The Morgan fingerprint density at radius 1 is 1.00 bits per heavy atom. The summed E-state index contributed by atoms with van der Waals surface area (Å²) in [6.07, 6.45) is 1.16. The van der Waals surface area contributed by atoms with E-state index in [0.717, 1.165) is 0 Å². The molecule has 1 atom stereocenters. The Morgan fingerprint density at radius 3 is 1.69 bits per heavy atom. The second-order valence-electron chi connectivity index (χ2n) is 2.87. The summed E-state index contributed by atoms with van der Waals surface area (Å²) in [5, 5.41) is 0. The van der Waals surface area contributed by atoms with E-state index in [4.69, 9.17) is 69.6 Å². The van der Waals surface area contributed by atoms with Crippen molar-refractivity contribution < 1.29 is 0 Å². The average molecular weight is 307 g/mol. The van der Waals surface area contributed by atoms with E-state index in [9.17, 15) is 0 Å². The van der Waals surface area contributed by atoms with Gasteiger partial charge in [0.2, 0.25) is 0 Å². The molecule has 1 unspecified atom stereocenters. The number of halogens is 6. The summed E-state index contributed by atoms with van der Waals surface area (Å²) in [5.74, 6) is -0.237. The lowest BCUT2D eigenvalue weighted by Gasteiger charge is -2.27. The van der Waals surface area contributed by atoms with Gasteiger partial charge in [0.1, 0.15) is 14.0 Å². The Hall–Kier alpha value is 1.74. The lowest BCUT2D eigenvalue weighted by molar-refractivity contribution is 0.467. The number of hydrogen-bond donors (Lipinski definition) is 0. The molecule has 0 aliphatic heterocycles. The minimum Gasteiger partial charge on any atom is -0.105 e. The van der Waals surface area contributed by atoms with Crippen molar-refractivity contribution >= 4 is 69.6 Å². The largest absolute Gasteiger partial charge is 0.120 e. The molecule has 0 spiro atoms. The third-order valence-electron chi connectivity index (χ3n) is 1.65. The molecule has 0 amide bonds. The van der Waals surface area contributed by atoms with Crippen LogP contribution >= 0.6 is 69.6 Å². The minimum atomic E-state index is -0.961. The Labute approximate surface area is 109 Å². The highest BCUT2D eigenvalue weighted by Crippen LogP contribution is 2.39. The van der Waals surface area contributed by atoms with Gasteiger partial charge in [0, 0.05) is 5.92 Å². The van der Waals surface area contributed by atoms with Gasteiger partial charge in [0.05, 0.1) is 0 Å². The first-order valence-corrected chi connectivity index (χ1v) is 6.19. The first kappa shape index (κ1) is 14.7. The van der Waals surface area contributed by atoms with Crippen LogP contribution < -0.4 is 0 Å². The number of alkyl halides is 6. The number of hydrogen-bond acceptors (Lipinski definition) is 0. The van der Waals surface area contributed by atoms with Crippen LogP contribution in [0.15, 0.2) is 0 Å². The predicted octanol–water partition coefficient (Wildman–Crippen LogP) is 5.18. The van der Waals surface area contributed by atoms with Crippen LogP contribution in [0.1, 0.15) is 19.8 Å². The van der Waals surface area contributed by atoms with Crippen molar-refractivity contribution in [3.63, 3.8) is 0 Å². The SMILES string of the molecule is CC(Cl)(Cl)C(CCC(Cl)Cl)C(Cl)Cl. The highest BCUT2D eigenvalue weighted by molar-refractivity contribution is 6.51. The third kappa shape index (κ3) is 6.76. The molecule has 0 aromatic heterocycles. The molecular formula is C7H10Cl6. The van der Waals surface area contributed by atoms with Crippen molar-refractivity contribution in [2.24, 2.45) is 5.92 Å². The fraction of sp³-hybridized carbons (Fsp3) is 1.00. The van der Waals surface area contributed by atoms with Gasteiger partial charge in [-0.25, -0.2) is 0 Å². The summed E-state index contributed by atoms with van der Waals surface area (Å²) in [5.41, 5.74) is 0. The standard InChI is InChI=1S/C7H10Cl6/c1-7(12,13)4(6(10)11)2-3-5(8)9/h4-6H,2-3H2,1H3. The van der Waals surface area contributed by atoms with Crippen molar-refractivity contribution in [2.75, 3.05) is 0 Å². The van der Waals surface area contributed by atoms with Crippen LogP contribution in [0, 0.1) is 5.92 Å². The predicted molar refractivity (Wildman–Crippen MR) is 63.8 cm³/mol. The summed E-state index contributed by atoms with van der Waals surface area (Å²) in [7, 11) is 0. The molecule has 0 aliphatic carbocycles. The molecule has 0 rings (SSSR count). The van der Waals surface area contributed by atoms with Crippen LogP contribution in [0.4, 0.5) is 0 Å². The van der Waals surface area contributed by atoms with Crippen molar-refractivity contribution in [2.45, 2.75) is 33.8 Å². The molecular weight excluding hydrogens is 297 g/mol. The van der Waals surface area contributed by atoms with Gasteiger partial charge in [0.25, 0.3) is 0 Å². The molecule has 0 aromatic carbocycles. The van der Waals surface area contributed by atoms with Crippen LogP contribution in [-0.4, -0.2) is 14.0 Å². The maximum Gasteiger partial charge on any atom is 0.120 e. The smallest absolute Gasteiger partial charge is 0.105 e. The summed E-state index contributed by atoms with van der Waals surface area (Å²) in [6, 6.07) is 0. The van der Waals surface area contributed by atoms with Crippen LogP contribution in [0.3, 0.4) is 0 Å². The van der Waals surface area contributed by atoms with Crippen LogP contribution in [-0.2, 0) is 0 Å². The summed E-state index contributed by atoms with van der Waals surface area (Å²) in [4.78, 5) is -1.06. The second kappa shape index (κ2) is 6.35. The van der Waals surface area contributed by atoms with E-state index in [-0.39, 0.29) is 5.92 Å². The monoisotopic (exact) mass is 304 g/mol. The van der Waals surface area contributed by atoms with Crippen LogP contribution in [0.25, 0.3) is 0 Å². The maximum absolute atomic E-state index is 5.89. The van der Waals surface area contributed by atoms with Crippen LogP contribution in [0.5, 0.6) is 0 Å². The fourth-order valence-corrected chi connectivity index (χ4v) is 2.64. The molecule has 0 heterocycles.